The Labute approximate surface area is 216 Å². The lowest BCUT2D eigenvalue weighted by Gasteiger charge is -2.27. The predicted octanol–water partition coefficient (Wildman–Crippen LogP) is 1.03. The van der Waals surface area contributed by atoms with Gasteiger partial charge in [0.15, 0.2) is 17.7 Å². The van der Waals surface area contributed by atoms with Gasteiger partial charge in [0.25, 0.3) is 5.60 Å². The number of fused-ring (bicyclic) bond motifs is 1. The summed E-state index contributed by atoms with van der Waals surface area (Å²) >= 11 is 5.87. The second-order valence-corrected chi connectivity index (χ2v) is 8.80. The number of aromatic nitrogens is 8. The maximum atomic E-state index is 15.0. The monoisotopic (exact) mass is 547 g/mol. The number of H-pyrrole nitrogens is 1. The number of tetrazole rings is 1. The lowest BCUT2D eigenvalue weighted by Crippen LogP contribution is -2.52. The van der Waals surface area contributed by atoms with Crippen LogP contribution in [0, 0.1) is 0 Å². The Morgan fingerprint density at radius 3 is 2.66 bits per heavy atom. The van der Waals surface area contributed by atoms with Gasteiger partial charge in [0, 0.05) is 18.4 Å². The number of imidazole rings is 1. The number of nitrogens with two attached hydrogens (primary N) is 1. The van der Waals surface area contributed by atoms with E-state index in [1.165, 1.54) is 23.0 Å². The average Bonchev–Trinajstić information content (AvgIpc) is 3.62. The first kappa shape index (κ1) is 25.4. The first-order chi connectivity index (χ1) is 18.2. The summed E-state index contributed by atoms with van der Waals surface area (Å²) in [6, 6.07) is 6.23. The van der Waals surface area contributed by atoms with E-state index in [1.807, 2.05) is 0 Å². The van der Waals surface area contributed by atoms with Crippen molar-refractivity contribution >= 4 is 40.5 Å². The van der Waals surface area contributed by atoms with Crippen molar-refractivity contribution in [2.24, 2.45) is 0 Å². The Hall–Kier alpha value is -4.28. The Morgan fingerprint density at radius 1 is 1.26 bits per heavy atom. The second kappa shape index (κ2) is 9.88. The summed E-state index contributed by atoms with van der Waals surface area (Å²) in [5, 5.41) is 33.0. The van der Waals surface area contributed by atoms with Crippen LogP contribution in [0.4, 0.5) is 10.2 Å². The zero-order valence-electron chi connectivity index (χ0n) is 19.2. The van der Waals surface area contributed by atoms with Crippen molar-refractivity contribution in [1.29, 1.82) is 0 Å². The van der Waals surface area contributed by atoms with Crippen molar-refractivity contribution in [2.45, 2.75) is 36.9 Å². The molecule has 1 aliphatic rings. The highest BCUT2D eigenvalue weighted by Crippen LogP contribution is 2.35. The van der Waals surface area contributed by atoms with Gasteiger partial charge in [-0.1, -0.05) is 24.3 Å². The number of anilines is 1. The molecule has 198 valence electrons. The summed E-state index contributed by atoms with van der Waals surface area (Å²) in [6.07, 6.45) is -3.20. The number of hydrogen-bond donors (Lipinski definition) is 4. The molecule has 3 unspecified atom stereocenters. The molecule has 5 N–H and O–H groups in total. The fourth-order valence-corrected chi connectivity index (χ4v) is 4.32. The van der Waals surface area contributed by atoms with Crippen LogP contribution in [0.15, 0.2) is 30.6 Å². The van der Waals surface area contributed by atoms with Crippen molar-refractivity contribution < 1.29 is 33.7 Å². The molecule has 0 saturated carbocycles. The molecule has 1 fully saturated rings. The third kappa shape index (κ3) is 4.59. The molecule has 38 heavy (non-hydrogen) atoms. The van der Waals surface area contributed by atoms with Gasteiger partial charge in [-0.3, -0.25) is 4.57 Å². The molecule has 15 nitrogen and oxygen atoms in total. The molecule has 0 amide bonds. The standard InChI is InChI=1S/C21H19ClFN9O6/c22-20-26-14(24)13-16(27-20)32(8-25-13)17-12(23)5-11(38-17)7-37-21(18(33)34,19(35)36)6-9-1-3-10(4-2-9)15-28-30-31-29-15/h1-4,8,11-12,17H,5-7H2,(H,33,34)(H,35,36)(H2,24,26,27)(H,28,29,30,31). The van der Waals surface area contributed by atoms with Gasteiger partial charge in [-0.2, -0.15) is 15.2 Å². The molecule has 3 aromatic heterocycles. The number of hydrogen-bond acceptors (Lipinski definition) is 11. The lowest BCUT2D eigenvalue weighted by molar-refractivity contribution is -0.188. The van der Waals surface area contributed by atoms with E-state index in [0.29, 0.717) is 17.0 Å². The van der Waals surface area contributed by atoms with Crippen LogP contribution in [-0.2, 0) is 25.5 Å². The molecule has 1 aromatic carbocycles. The van der Waals surface area contributed by atoms with Gasteiger partial charge in [-0.05, 0) is 22.4 Å². The summed E-state index contributed by atoms with van der Waals surface area (Å²) in [4.78, 5) is 36.2. The minimum Gasteiger partial charge on any atom is -0.479 e. The highest BCUT2D eigenvalue weighted by Gasteiger charge is 2.50. The van der Waals surface area contributed by atoms with E-state index in [2.05, 4.69) is 35.6 Å². The summed E-state index contributed by atoms with van der Waals surface area (Å²) < 4.78 is 27.5. The minimum absolute atomic E-state index is 0.00469. The molecule has 4 aromatic rings. The van der Waals surface area contributed by atoms with E-state index in [1.54, 1.807) is 12.1 Å². The molecule has 0 spiro atoms. The van der Waals surface area contributed by atoms with Crippen LogP contribution in [0.1, 0.15) is 18.2 Å². The number of ether oxygens (including phenoxy) is 2. The number of aromatic amines is 1. The second-order valence-electron chi connectivity index (χ2n) is 8.46. The van der Waals surface area contributed by atoms with Crippen LogP contribution in [0.3, 0.4) is 0 Å². The van der Waals surface area contributed by atoms with Gasteiger partial charge in [0.1, 0.15) is 11.7 Å². The molecular weight excluding hydrogens is 529 g/mol. The van der Waals surface area contributed by atoms with Gasteiger partial charge in [0.2, 0.25) is 11.1 Å². The van der Waals surface area contributed by atoms with E-state index in [9.17, 15) is 24.2 Å². The van der Waals surface area contributed by atoms with Crippen LogP contribution in [0.2, 0.25) is 5.28 Å². The molecule has 17 heteroatoms. The van der Waals surface area contributed by atoms with Crippen molar-refractivity contribution in [3.8, 4) is 11.4 Å². The highest BCUT2D eigenvalue weighted by molar-refractivity contribution is 6.28. The summed E-state index contributed by atoms with van der Waals surface area (Å²) in [6.45, 7) is -0.513. The van der Waals surface area contributed by atoms with Crippen LogP contribution in [-0.4, -0.2) is 86.8 Å². The quantitative estimate of drug-likeness (QED) is 0.170. The van der Waals surface area contributed by atoms with Crippen LogP contribution in [0.5, 0.6) is 0 Å². The van der Waals surface area contributed by atoms with Gasteiger partial charge in [-0.15, -0.1) is 10.2 Å². The van der Waals surface area contributed by atoms with Crippen LogP contribution in [0.25, 0.3) is 22.6 Å². The Morgan fingerprint density at radius 2 is 2.00 bits per heavy atom. The van der Waals surface area contributed by atoms with Gasteiger partial charge >= 0.3 is 11.9 Å². The summed E-state index contributed by atoms with van der Waals surface area (Å²) in [5.74, 6) is -3.13. The van der Waals surface area contributed by atoms with Crippen LogP contribution >= 0.6 is 11.6 Å². The van der Waals surface area contributed by atoms with E-state index in [-0.39, 0.29) is 28.7 Å². The number of rotatable bonds is 9. The zero-order chi connectivity index (χ0) is 27.0. The third-order valence-corrected chi connectivity index (χ3v) is 6.21. The molecule has 4 heterocycles. The molecular formula is C21H19ClFN9O6. The fraction of sp³-hybridized carbons (Fsp3) is 0.333. The molecule has 0 radical (unpaired) electrons. The number of carboxylic acids is 2. The van der Waals surface area contributed by atoms with Crippen molar-refractivity contribution in [3.05, 3.63) is 41.4 Å². The Bertz CT molecular complexity index is 1470. The minimum atomic E-state index is -2.65. The highest BCUT2D eigenvalue weighted by atomic mass is 35.5. The fourth-order valence-electron chi connectivity index (χ4n) is 4.15. The SMILES string of the molecule is Nc1nc(Cl)nc2c1ncn2C1OC(COC(Cc2ccc(-c3nn[nH]n3)cc2)(C(=O)O)C(=O)O)CC1F. The Kier molecular flexibility index (Phi) is 6.60. The Balaban J connectivity index is 1.32. The normalized spacial score (nSPS) is 19.7. The zero-order valence-corrected chi connectivity index (χ0v) is 20.0. The van der Waals surface area contributed by atoms with Crippen LogP contribution < -0.4 is 5.73 Å². The molecule has 1 aliphatic heterocycles. The number of nitrogen functional groups attached to an aromatic ring is 1. The number of carboxylic acid groups (broad SMARTS) is 2. The first-order valence-corrected chi connectivity index (χ1v) is 11.4. The number of alkyl halides is 1. The number of benzene rings is 1. The number of nitrogens with zero attached hydrogens (tertiary/aromatic N) is 7. The van der Waals surface area contributed by atoms with Crippen molar-refractivity contribution in [1.82, 2.24) is 40.1 Å². The number of halogens is 2. The summed E-state index contributed by atoms with van der Waals surface area (Å²) in [7, 11) is 0. The lowest BCUT2D eigenvalue weighted by atomic mass is 9.93. The van der Waals surface area contributed by atoms with E-state index in [4.69, 9.17) is 26.8 Å². The smallest absolute Gasteiger partial charge is 0.348 e. The van der Waals surface area contributed by atoms with Crippen molar-refractivity contribution in [2.75, 3.05) is 12.3 Å². The molecule has 0 aliphatic carbocycles. The van der Waals surface area contributed by atoms with Gasteiger partial charge in [0.05, 0.1) is 19.0 Å². The maximum Gasteiger partial charge on any atom is 0.348 e. The first-order valence-electron chi connectivity index (χ1n) is 11.1. The number of nitrogens with one attached hydrogen (secondary N) is 1. The summed E-state index contributed by atoms with van der Waals surface area (Å²) in [5.41, 5.74) is 4.42. The van der Waals surface area contributed by atoms with Gasteiger partial charge < -0.3 is 25.4 Å². The van der Waals surface area contributed by atoms with E-state index < -0.39 is 49.1 Å². The van der Waals surface area contributed by atoms with Crippen molar-refractivity contribution in [3.63, 3.8) is 0 Å². The average molecular weight is 548 g/mol. The topological polar surface area (TPSA) is 217 Å². The molecule has 0 bridgehead atoms. The number of aliphatic carboxylic acids is 2. The van der Waals surface area contributed by atoms with E-state index in [0.717, 1.165) is 0 Å². The van der Waals surface area contributed by atoms with Gasteiger partial charge in [-0.25, -0.2) is 19.0 Å². The molecule has 3 atom stereocenters. The van der Waals surface area contributed by atoms with E-state index >= 15 is 0 Å². The predicted molar refractivity (Wildman–Crippen MR) is 125 cm³/mol. The molecule has 1 saturated heterocycles. The molecule has 5 rings (SSSR count). The third-order valence-electron chi connectivity index (χ3n) is 6.04. The largest absolute Gasteiger partial charge is 0.479 e. The maximum absolute atomic E-state index is 15.0. The number of carbonyl (C=O) groups is 2.